The Kier molecular flexibility index (Phi) is 7.15. The highest BCUT2D eigenvalue weighted by atomic mass is 32.2. The van der Waals surface area contributed by atoms with Crippen molar-refractivity contribution in [3.05, 3.63) is 53.5 Å². The van der Waals surface area contributed by atoms with E-state index in [1.54, 1.807) is 34.7 Å². The van der Waals surface area contributed by atoms with E-state index in [-0.39, 0.29) is 23.6 Å². The molecule has 0 saturated carbocycles. The summed E-state index contributed by atoms with van der Waals surface area (Å²) in [6.45, 7) is 0.659. The molecule has 3 aromatic rings. The molecule has 4 rings (SSSR count). The number of likely N-dealkylation sites (tertiary alicyclic amines) is 1. The Bertz CT molecular complexity index is 1250. The molecule has 0 aliphatic carbocycles. The molecular weight excluding hydrogens is 484 g/mol. The lowest BCUT2D eigenvalue weighted by Gasteiger charge is -2.38. The minimum Gasteiger partial charge on any atom is -0.390 e. The van der Waals surface area contributed by atoms with Gasteiger partial charge in [-0.2, -0.15) is 0 Å². The van der Waals surface area contributed by atoms with E-state index in [4.69, 9.17) is 0 Å². The second-order valence-corrected chi connectivity index (χ2v) is 11.0. The molecule has 1 fully saturated rings. The van der Waals surface area contributed by atoms with Gasteiger partial charge in [0.05, 0.1) is 15.8 Å². The summed E-state index contributed by atoms with van der Waals surface area (Å²) < 4.78 is 53.7. The van der Waals surface area contributed by atoms with Crippen molar-refractivity contribution < 1.29 is 27.1 Å². The molecule has 0 radical (unpaired) electrons. The summed E-state index contributed by atoms with van der Waals surface area (Å²) in [4.78, 5) is 18.7. The van der Waals surface area contributed by atoms with Crippen LogP contribution in [0.4, 0.5) is 14.5 Å². The number of aliphatic hydroxyl groups is 1. The van der Waals surface area contributed by atoms with Crippen LogP contribution in [0.5, 0.6) is 0 Å². The maximum atomic E-state index is 12.9. The van der Waals surface area contributed by atoms with E-state index in [9.17, 15) is 27.1 Å². The summed E-state index contributed by atoms with van der Waals surface area (Å²) in [5.41, 5.74) is 1.69. The van der Waals surface area contributed by atoms with Crippen LogP contribution in [-0.4, -0.2) is 54.4 Å². The van der Waals surface area contributed by atoms with E-state index in [1.807, 2.05) is 0 Å². The molecule has 2 N–H and O–H groups in total. The fourth-order valence-corrected chi connectivity index (χ4v) is 6.11. The Balaban J connectivity index is 1.37. The normalized spacial score (nSPS) is 16.2. The smallest absolute Gasteiger partial charge is 0.264 e. The number of halogens is 2. The number of nitrogens with zero attached hydrogens (tertiary/aromatic N) is 2. The number of carbonyl (C=O) groups is 1. The first-order chi connectivity index (χ1) is 16.2. The maximum Gasteiger partial charge on any atom is 0.264 e. The molecule has 1 amide bonds. The van der Waals surface area contributed by atoms with Crippen molar-refractivity contribution >= 4 is 43.2 Å². The van der Waals surface area contributed by atoms with Crippen LogP contribution >= 0.6 is 11.3 Å². The molecule has 34 heavy (non-hydrogen) atoms. The number of aromatic nitrogens is 1. The zero-order valence-electron chi connectivity index (χ0n) is 18.3. The Morgan fingerprint density at radius 1 is 1.18 bits per heavy atom. The zero-order valence-corrected chi connectivity index (χ0v) is 19.9. The van der Waals surface area contributed by atoms with Crippen molar-refractivity contribution in [1.82, 2.24) is 9.88 Å². The number of para-hydroxylation sites is 1. The lowest BCUT2D eigenvalue weighted by atomic mass is 9.86. The van der Waals surface area contributed by atoms with Crippen LogP contribution in [-0.2, 0) is 10.0 Å². The standard InChI is InChI=1S/C23H25F2N3O4S2/c24-20(25)5-2-10-23(30)11-13-28(14-12-23)22(29)16-6-8-17(9-7-16)27-34(31,32)19-4-1-3-18-21(19)26-15-33-18/h1,3-4,6-9,15,20,27,30H,2,5,10-14H2. The predicted molar refractivity (Wildman–Crippen MR) is 127 cm³/mol. The first kappa shape index (κ1) is 24.5. The highest BCUT2D eigenvalue weighted by Gasteiger charge is 2.34. The van der Waals surface area contributed by atoms with Gasteiger partial charge in [0.25, 0.3) is 15.9 Å². The topological polar surface area (TPSA) is 99.6 Å². The van der Waals surface area contributed by atoms with E-state index >= 15 is 0 Å². The summed E-state index contributed by atoms with van der Waals surface area (Å²) in [6, 6.07) is 11.1. The number of anilines is 1. The average Bonchev–Trinajstić information content (AvgIpc) is 3.28. The van der Waals surface area contributed by atoms with Crippen molar-refractivity contribution in [2.45, 2.75) is 49.0 Å². The number of fused-ring (bicyclic) bond motifs is 1. The molecular formula is C23H25F2N3O4S2. The van der Waals surface area contributed by atoms with E-state index in [1.165, 1.54) is 29.5 Å². The van der Waals surface area contributed by atoms with Gasteiger partial charge < -0.3 is 10.0 Å². The summed E-state index contributed by atoms with van der Waals surface area (Å²) in [6.07, 6.45) is -1.40. The summed E-state index contributed by atoms with van der Waals surface area (Å²) in [5, 5.41) is 10.6. The van der Waals surface area contributed by atoms with Crippen molar-refractivity contribution in [3.8, 4) is 0 Å². The number of hydrogen-bond acceptors (Lipinski definition) is 6. The largest absolute Gasteiger partial charge is 0.390 e. The maximum absolute atomic E-state index is 12.9. The van der Waals surface area contributed by atoms with Gasteiger partial charge in [0.1, 0.15) is 10.4 Å². The van der Waals surface area contributed by atoms with Crippen LogP contribution in [0.2, 0.25) is 0 Å². The number of carbonyl (C=O) groups excluding carboxylic acids is 1. The highest BCUT2D eigenvalue weighted by Crippen LogP contribution is 2.30. The number of sulfonamides is 1. The van der Waals surface area contributed by atoms with E-state index in [0.29, 0.717) is 49.1 Å². The third-order valence-corrected chi connectivity index (χ3v) is 8.25. The monoisotopic (exact) mass is 509 g/mol. The fourth-order valence-electron chi connectivity index (χ4n) is 4.11. The van der Waals surface area contributed by atoms with Crippen LogP contribution in [0, 0.1) is 0 Å². The number of amides is 1. The minimum atomic E-state index is -3.87. The molecule has 182 valence electrons. The summed E-state index contributed by atoms with van der Waals surface area (Å²) >= 11 is 1.36. The number of hydrogen-bond donors (Lipinski definition) is 2. The van der Waals surface area contributed by atoms with Gasteiger partial charge in [-0.05, 0) is 62.1 Å². The molecule has 1 aliphatic heterocycles. The molecule has 2 aromatic carbocycles. The fraction of sp³-hybridized carbons (Fsp3) is 0.391. The van der Waals surface area contributed by atoms with Crippen LogP contribution < -0.4 is 4.72 Å². The van der Waals surface area contributed by atoms with Gasteiger partial charge in [0.2, 0.25) is 6.43 Å². The van der Waals surface area contributed by atoms with Crippen molar-refractivity contribution in [3.63, 3.8) is 0 Å². The van der Waals surface area contributed by atoms with Gasteiger partial charge in [-0.25, -0.2) is 22.2 Å². The average molecular weight is 510 g/mol. The van der Waals surface area contributed by atoms with Crippen LogP contribution in [0.3, 0.4) is 0 Å². The Morgan fingerprint density at radius 2 is 1.88 bits per heavy atom. The number of nitrogens with one attached hydrogen (secondary N) is 1. The zero-order chi connectivity index (χ0) is 24.3. The minimum absolute atomic E-state index is 0.0840. The summed E-state index contributed by atoms with van der Waals surface area (Å²) in [7, 11) is -3.87. The molecule has 2 heterocycles. The number of piperidine rings is 1. The van der Waals surface area contributed by atoms with Gasteiger partial charge in [0.15, 0.2) is 0 Å². The number of benzene rings is 2. The van der Waals surface area contributed by atoms with Gasteiger partial charge in [-0.3, -0.25) is 9.52 Å². The van der Waals surface area contributed by atoms with Crippen LogP contribution in [0.25, 0.3) is 10.2 Å². The number of rotatable bonds is 8. The van der Waals surface area contributed by atoms with E-state index < -0.39 is 22.0 Å². The number of thiazole rings is 1. The lowest BCUT2D eigenvalue weighted by Crippen LogP contribution is -2.46. The Morgan fingerprint density at radius 3 is 2.56 bits per heavy atom. The molecule has 1 aromatic heterocycles. The molecule has 0 unspecified atom stereocenters. The van der Waals surface area contributed by atoms with Crippen molar-refractivity contribution in [1.29, 1.82) is 0 Å². The molecule has 0 bridgehead atoms. The van der Waals surface area contributed by atoms with E-state index in [0.717, 1.165) is 4.70 Å². The van der Waals surface area contributed by atoms with Gasteiger partial charge in [0, 0.05) is 30.8 Å². The second kappa shape index (κ2) is 9.93. The third-order valence-electron chi connectivity index (χ3n) is 6.04. The molecule has 1 aliphatic rings. The third kappa shape index (κ3) is 5.53. The second-order valence-electron chi connectivity index (χ2n) is 8.44. The molecule has 0 spiro atoms. The summed E-state index contributed by atoms with van der Waals surface area (Å²) in [5.74, 6) is -0.226. The first-order valence-electron chi connectivity index (χ1n) is 10.9. The molecule has 0 atom stereocenters. The van der Waals surface area contributed by atoms with E-state index in [2.05, 4.69) is 9.71 Å². The Hall–Kier alpha value is -2.63. The quantitative estimate of drug-likeness (QED) is 0.466. The lowest BCUT2D eigenvalue weighted by molar-refractivity contribution is -0.0269. The first-order valence-corrected chi connectivity index (χ1v) is 13.3. The van der Waals surface area contributed by atoms with Gasteiger partial charge >= 0.3 is 0 Å². The number of alkyl halides is 2. The predicted octanol–water partition coefficient (Wildman–Crippen LogP) is 4.50. The Labute approximate surface area is 200 Å². The molecule has 7 nitrogen and oxygen atoms in total. The highest BCUT2D eigenvalue weighted by molar-refractivity contribution is 7.93. The van der Waals surface area contributed by atoms with Gasteiger partial charge in [-0.15, -0.1) is 11.3 Å². The SMILES string of the molecule is O=C(c1ccc(NS(=O)(=O)c2cccc3scnc23)cc1)N1CCC(O)(CCCC(F)F)CC1. The molecule has 1 saturated heterocycles. The van der Waals surface area contributed by atoms with Crippen LogP contribution in [0.15, 0.2) is 52.9 Å². The van der Waals surface area contributed by atoms with Gasteiger partial charge in [-0.1, -0.05) is 6.07 Å². The van der Waals surface area contributed by atoms with Crippen LogP contribution in [0.1, 0.15) is 42.5 Å². The van der Waals surface area contributed by atoms with Crippen molar-refractivity contribution in [2.24, 2.45) is 0 Å². The molecule has 11 heteroatoms. The van der Waals surface area contributed by atoms with Crippen molar-refractivity contribution in [2.75, 3.05) is 17.8 Å².